The number of carbonyl (C=O) groups is 2. The minimum Gasteiger partial charge on any atom is -0.416 e. The average molecular weight is 647 g/mol. The van der Waals surface area contributed by atoms with Crippen molar-refractivity contribution in [2.45, 2.75) is 57.8 Å². The molecule has 2 aromatic heterocycles. The van der Waals surface area contributed by atoms with Gasteiger partial charge in [-0.1, -0.05) is 39.3 Å². The number of carbonyl (C=O) groups excluding carboxylic acids is 2. The first-order valence-corrected chi connectivity index (χ1v) is 17.8. The number of nitrogens with zero attached hydrogens (tertiary/aromatic N) is 6. The zero-order chi connectivity index (χ0) is 33.3. The van der Waals surface area contributed by atoms with Crippen LogP contribution in [0, 0.1) is 11.3 Å². The number of benzene rings is 1. The van der Waals surface area contributed by atoms with Gasteiger partial charge in [0.2, 0.25) is 11.9 Å². The van der Waals surface area contributed by atoms with Gasteiger partial charge in [-0.2, -0.15) is 5.26 Å². The minimum absolute atomic E-state index is 0.0114. The number of likely N-dealkylation sites (N-methyl/N-ethyl adjacent to an activating group) is 1. The van der Waals surface area contributed by atoms with E-state index in [4.69, 9.17) is 16.0 Å². The molecule has 0 spiro atoms. The highest BCUT2D eigenvalue weighted by Gasteiger charge is 2.44. The Morgan fingerprint density at radius 1 is 1.31 bits per heavy atom. The Morgan fingerprint density at radius 2 is 2.02 bits per heavy atom. The van der Waals surface area contributed by atoms with Crippen molar-refractivity contribution in [3.05, 3.63) is 63.2 Å². The number of anilines is 3. The Labute approximate surface area is 270 Å². The third kappa shape index (κ3) is 7.14. The summed E-state index contributed by atoms with van der Waals surface area (Å²) in [6, 6.07) is 9.18. The van der Waals surface area contributed by atoms with Crippen molar-refractivity contribution in [3.8, 4) is 17.3 Å². The molecule has 1 aliphatic rings. The van der Waals surface area contributed by atoms with Crippen LogP contribution in [0.5, 0.6) is 0 Å². The summed E-state index contributed by atoms with van der Waals surface area (Å²) < 4.78 is 7.89. The van der Waals surface area contributed by atoms with E-state index in [1.165, 1.54) is 29.1 Å². The van der Waals surface area contributed by atoms with Crippen molar-refractivity contribution in [1.29, 1.82) is 5.26 Å². The van der Waals surface area contributed by atoms with Gasteiger partial charge in [-0.25, -0.2) is 9.97 Å². The molecule has 1 aliphatic heterocycles. The Kier molecular flexibility index (Phi) is 9.63. The van der Waals surface area contributed by atoms with Gasteiger partial charge >= 0.3 is 7.41 Å². The molecule has 235 valence electrons. The predicted molar refractivity (Wildman–Crippen MR) is 180 cm³/mol. The fraction of sp³-hybridized carbons (Fsp3) is 0.419. The van der Waals surface area contributed by atoms with Gasteiger partial charge in [0.25, 0.3) is 5.56 Å². The third-order valence-electron chi connectivity index (χ3n) is 8.54. The summed E-state index contributed by atoms with van der Waals surface area (Å²) >= 11 is 6.27. The molecular weight excluding hydrogens is 609 g/mol. The van der Waals surface area contributed by atoms with E-state index in [1.807, 2.05) is 10.9 Å². The van der Waals surface area contributed by atoms with Crippen LogP contribution in [0.15, 0.2) is 41.5 Å². The molecule has 0 bridgehead atoms. The number of fused-ring (bicyclic) bond motifs is 1. The standard InChI is InChI=1S/C31H38BClN7O4Si/c1-30(2,3)45(7,8)44-18-31(4)17-40(32-19-41)27-21(14-34)11-20(12-23(27)31)24-9-10-35-29(36-24)37-25-13-22(33)15-39(28(25)43)16-26(42)38(5)6/h9-13,15,19H,16-18H2,1-8H3,(H,35,36,37)/t31-/m1/s1. The lowest BCUT2D eigenvalue weighted by Gasteiger charge is -2.39. The van der Waals surface area contributed by atoms with Crippen LogP contribution < -0.4 is 15.7 Å². The summed E-state index contributed by atoms with van der Waals surface area (Å²) in [5.41, 5.74) is 2.26. The Hall–Kier alpha value is -3.99. The predicted octanol–water partition coefficient (Wildman–Crippen LogP) is 4.57. The normalized spacial score (nSPS) is 16.1. The Bertz CT molecular complexity index is 1730. The van der Waals surface area contributed by atoms with Crippen LogP contribution in [-0.2, 0) is 26.0 Å². The largest absolute Gasteiger partial charge is 0.416 e. The number of hydrogen-bond acceptors (Lipinski definition) is 9. The fourth-order valence-electron chi connectivity index (χ4n) is 4.85. The highest BCUT2D eigenvalue weighted by atomic mass is 35.5. The van der Waals surface area contributed by atoms with Gasteiger partial charge in [-0.05, 0) is 48.0 Å². The van der Waals surface area contributed by atoms with Crippen molar-refractivity contribution >= 4 is 56.7 Å². The molecular formula is C31H38BClN7O4Si. The maximum absolute atomic E-state index is 13.1. The first-order valence-electron chi connectivity index (χ1n) is 14.5. The maximum Gasteiger partial charge on any atom is 0.329 e. The second-order valence-corrected chi connectivity index (χ2v) is 18.5. The monoisotopic (exact) mass is 646 g/mol. The molecule has 0 saturated carbocycles. The first kappa shape index (κ1) is 33.9. The lowest BCUT2D eigenvalue weighted by Crippen LogP contribution is -2.46. The third-order valence-corrected chi connectivity index (χ3v) is 13.2. The van der Waals surface area contributed by atoms with E-state index in [-0.39, 0.29) is 34.1 Å². The van der Waals surface area contributed by atoms with Gasteiger partial charge in [-0.3, -0.25) is 9.59 Å². The van der Waals surface area contributed by atoms with Crippen LogP contribution in [0.1, 0.15) is 38.8 Å². The van der Waals surface area contributed by atoms with Crippen molar-refractivity contribution in [2.24, 2.45) is 0 Å². The van der Waals surface area contributed by atoms with E-state index in [9.17, 15) is 19.6 Å². The summed E-state index contributed by atoms with van der Waals surface area (Å²) in [5, 5.41) is 13.4. The molecule has 45 heavy (non-hydrogen) atoms. The van der Waals surface area contributed by atoms with Crippen LogP contribution in [0.2, 0.25) is 23.2 Å². The quantitative estimate of drug-likeness (QED) is 0.248. The highest BCUT2D eigenvalue weighted by molar-refractivity contribution is 6.74. The Morgan fingerprint density at radius 3 is 2.64 bits per heavy atom. The molecule has 1 aromatic carbocycles. The average Bonchev–Trinajstić information content (AvgIpc) is 3.25. The molecule has 0 unspecified atom stereocenters. The van der Waals surface area contributed by atoms with Crippen LogP contribution in [-0.4, -0.2) is 74.5 Å². The van der Waals surface area contributed by atoms with Crippen molar-refractivity contribution in [2.75, 3.05) is 37.4 Å². The van der Waals surface area contributed by atoms with E-state index in [0.29, 0.717) is 35.7 Å². The molecule has 1 atom stereocenters. The number of nitriles is 1. The molecule has 1 N–H and O–H groups in total. The first-order chi connectivity index (χ1) is 21.0. The number of halogens is 1. The molecule has 1 radical (unpaired) electrons. The molecule has 0 fully saturated rings. The van der Waals surface area contributed by atoms with E-state index < -0.39 is 19.3 Å². The van der Waals surface area contributed by atoms with E-state index >= 15 is 0 Å². The molecule has 0 saturated heterocycles. The van der Waals surface area contributed by atoms with E-state index in [0.717, 1.165) is 11.7 Å². The smallest absolute Gasteiger partial charge is 0.329 e. The topological polar surface area (TPSA) is 133 Å². The van der Waals surface area contributed by atoms with Crippen molar-refractivity contribution in [1.82, 2.24) is 19.4 Å². The lowest BCUT2D eigenvalue weighted by atomic mass is 9.83. The SMILES string of the molecule is CN(C)C(=O)Cn1cc(Cl)cc(Nc2nccc(-c3cc(C#N)c4c(c3)[C@@](C)(CO[Si](C)(C)C(C)(C)C)CN4[B]C=O)n2)c1=O. The van der Waals surface area contributed by atoms with Crippen LogP contribution in [0.3, 0.4) is 0 Å². The Balaban J connectivity index is 1.74. The summed E-state index contributed by atoms with van der Waals surface area (Å²) in [6.45, 7) is 13.8. The number of nitrogens with one attached hydrogen (secondary N) is 1. The maximum atomic E-state index is 13.1. The van der Waals surface area contributed by atoms with Crippen molar-refractivity contribution < 1.29 is 14.0 Å². The zero-order valence-electron chi connectivity index (χ0n) is 26.9. The molecule has 0 aliphatic carbocycles. The molecule has 11 nitrogen and oxygen atoms in total. The number of aromatic nitrogens is 3. The molecule has 3 heterocycles. The van der Waals surface area contributed by atoms with Gasteiger partial charge < -0.3 is 28.8 Å². The van der Waals surface area contributed by atoms with Crippen LogP contribution in [0.25, 0.3) is 11.3 Å². The van der Waals surface area contributed by atoms with Gasteiger partial charge in [0.15, 0.2) is 8.32 Å². The molecule has 1 amide bonds. The molecule has 4 rings (SSSR count). The number of pyridine rings is 1. The second-order valence-electron chi connectivity index (χ2n) is 13.2. The van der Waals surface area contributed by atoms with Gasteiger partial charge in [-0.15, -0.1) is 0 Å². The lowest BCUT2D eigenvalue weighted by molar-refractivity contribution is -0.129. The van der Waals surface area contributed by atoms with Crippen molar-refractivity contribution in [3.63, 3.8) is 0 Å². The van der Waals surface area contributed by atoms with Crippen LogP contribution >= 0.6 is 11.6 Å². The second kappa shape index (κ2) is 12.8. The fourth-order valence-corrected chi connectivity index (χ4v) is 6.19. The molecule has 14 heteroatoms. The number of hydrogen-bond donors (Lipinski definition) is 1. The van der Waals surface area contributed by atoms with Gasteiger partial charge in [0.05, 0.1) is 16.3 Å². The highest BCUT2D eigenvalue weighted by Crippen LogP contribution is 2.46. The summed E-state index contributed by atoms with van der Waals surface area (Å²) in [4.78, 5) is 49.1. The summed E-state index contributed by atoms with van der Waals surface area (Å²) in [7, 11) is 2.56. The van der Waals surface area contributed by atoms with Crippen LogP contribution in [0.4, 0.5) is 17.3 Å². The zero-order valence-corrected chi connectivity index (χ0v) is 28.7. The van der Waals surface area contributed by atoms with E-state index in [2.05, 4.69) is 62.1 Å². The summed E-state index contributed by atoms with van der Waals surface area (Å²) in [5.74, 6) is -0.129. The van der Waals surface area contributed by atoms with Gasteiger partial charge in [0, 0.05) is 56.3 Å². The minimum atomic E-state index is -2.10. The molecule has 3 aromatic rings. The van der Waals surface area contributed by atoms with Gasteiger partial charge in [0.1, 0.15) is 24.5 Å². The van der Waals surface area contributed by atoms with E-state index in [1.54, 1.807) is 32.4 Å². The summed E-state index contributed by atoms with van der Waals surface area (Å²) in [6.07, 6.45) is 3.68. The number of rotatable bonds is 10. The number of amides is 1.